The maximum absolute atomic E-state index is 11.8. The summed E-state index contributed by atoms with van der Waals surface area (Å²) in [7, 11) is 0. The second kappa shape index (κ2) is 5.46. The number of rotatable bonds is 4. The zero-order valence-corrected chi connectivity index (χ0v) is 11.6. The van der Waals surface area contributed by atoms with Crippen molar-refractivity contribution in [3.63, 3.8) is 0 Å². The molecule has 2 heterocycles. The van der Waals surface area contributed by atoms with Gasteiger partial charge in [-0.2, -0.15) is 0 Å². The number of aromatic nitrogens is 2. The number of hydrogen-bond donors (Lipinski definition) is 0. The molecular formula is C8H4Cl2N2OS3. The average molecular weight is 311 g/mol. The molecule has 0 aliphatic heterocycles. The Morgan fingerprint density at radius 1 is 1.50 bits per heavy atom. The van der Waals surface area contributed by atoms with Crippen LogP contribution in [0.25, 0.3) is 0 Å². The monoisotopic (exact) mass is 310 g/mol. The predicted octanol–water partition coefficient (Wildman–Crippen LogP) is 3.88. The zero-order chi connectivity index (χ0) is 11.5. The summed E-state index contributed by atoms with van der Waals surface area (Å²) in [5, 5.41) is 7.52. The zero-order valence-electron chi connectivity index (χ0n) is 7.65. The summed E-state index contributed by atoms with van der Waals surface area (Å²) in [5.41, 5.74) is 2.11. The summed E-state index contributed by atoms with van der Waals surface area (Å²) < 4.78 is 1.73. The van der Waals surface area contributed by atoms with Gasteiger partial charge in [-0.15, -0.1) is 21.5 Å². The number of thiophene rings is 1. The Morgan fingerprint density at radius 3 is 2.88 bits per heavy atom. The molecule has 8 heteroatoms. The van der Waals surface area contributed by atoms with Gasteiger partial charge in [-0.3, -0.25) is 4.79 Å². The molecule has 16 heavy (non-hydrogen) atoms. The van der Waals surface area contributed by atoms with Crippen LogP contribution in [0.2, 0.25) is 8.67 Å². The molecule has 0 radical (unpaired) electrons. The minimum absolute atomic E-state index is 0.0478. The third-order valence-electron chi connectivity index (χ3n) is 1.62. The molecule has 2 aromatic rings. The number of ketones is 1. The van der Waals surface area contributed by atoms with Gasteiger partial charge in [-0.25, -0.2) is 0 Å². The molecule has 0 fully saturated rings. The van der Waals surface area contributed by atoms with Crippen LogP contribution in [0.1, 0.15) is 10.4 Å². The van der Waals surface area contributed by atoms with Crippen LogP contribution in [0.15, 0.2) is 15.9 Å². The fraction of sp³-hybridized carbons (Fsp3) is 0.125. The topological polar surface area (TPSA) is 42.9 Å². The molecule has 0 unspecified atom stereocenters. The van der Waals surface area contributed by atoms with E-state index in [2.05, 4.69) is 10.2 Å². The van der Waals surface area contributed by atoms with Gasteiger partial charge in [-0.05, 0) is 6.07 Å². The van der Waals surface area contributed by atoms with Crippen molar-refractivity contribution in [3.05, 3.63) is 25.8 Å². The van der Waals surface area contributed by atoms with E-state index >= 15 is 0 Å². The Morgan fingerprint density at radius 2 is 2.31 bits per heavy atom. The summed E-state index contributed by atoms with van der Waals surface area (Å²) in [6.45, 7) is 0. The van der Waals surface area contributed by atoms with Gasteiger partial charge in [0.15, 0.2) is 10.1 Å². The van der Waals surface area contributed by atoms with E-state index in [9.17, 15) is 4.79 Å². The molecule has 0 N–H and O–H groups in total. The van der Waals surface area contributed by atoms with Gasteiger partial charge in [0.1, 0.15) is 9.85 Å². The normalized spacial score (nSPS) is 10.6. The van der Waals surface area contributed by atoms with Crippen molar-refractivity contribution in [1.82, 2.24) is 10.2 Å². The Bertz CT molecular complexity index is 497. The second-order valence-electron chi connectivity index (χ2n) is 2.65. The van der Waals surface area contributed by atoms with Crippen LogP contribution in [-0.2, 0) is 0 Å². The highest BCUT2D eigenvalue weighted by molar-refractivity contribution is 8.01. The van der Waals surface area contributed by atoms with Gasteiger partial charge < -0.3 is 0 Å². The largest absolute Gasteiger partial charge is 0.293 e. The number of thioether (sulfide) groups is 1. The fourth-order valence-corrected chi connectivity index (χ4v) is 3.83. The lowest BCUT2D eigenvalue weighted by molar-refractivity contribution is 0.102. The summed E-state index contributed by atoms with van der Waals surface area (Å²) in [6.07, 6.45) is 0. The van der Waals surface area contributed by atoms with Crippen molar-refractivity contribution in [2.45, 2.75) is 4.34 Å². The van der Waals surface area contributed by atoms with Gasteiger partial charge >= 0.3 is 0 Å². The maximum atomic E-state index is 11.8. The van der Waals surface area contributed by atoms with E-state index < -0.39 is 0 Å². The summed E-state index contributed by atoms with van der Waals surface area (Å²) >= 11 is 15.6. The van der Waals surface area contributed by atoms with E-state index in [1.165, 1.54) is 34.4 Å². The van der Waals surface area contributed by atoms with Crippen LogP contribution in [0.3, 0.4) is 0 Å². The first-order chi connectivity index (χ1) is 7.66. The molecular weight excluding hydrogens is 307 g/mol. The molecule has 0 saturated heterocycles. The summed E-state index contributed by atoms with van der Waals surface area (Å²) in [6, 6.07) is 1.59. The standard InChI is InChI=1S/C8H4Cl2N2OS3/c9-6-1-4(7(10)16-6)5(13)2-14-8-12-11-3-15-8/h1,3H,2H2. The molecule has 2 rings (SSSR count). The first kappa shape index (κ1) is 12.3. The molecule has 0 atom stereocenters. The SMILES string of the molecule is O=C(CSc1nncs1)c1cc(Cl)sc1Cl. The van der Waals surface area contributed by atoms with Crippen molar-refractivity contribution in [2.75, 3.05) is 5.75 Å². The van der Waals surface area contributed by atoms with Gasteiger partial charge in [-0.1, -0.05) is 46.3 Å². The molecule has 0 aliphatic carbocycles. The molecule has 2 aromatic heterocycles. The lowest BCUT2D eigenvalue weighted by Gasteiger charge is -1.95. The number of Topliss-reactive ketones (excluding diaryl/α,β-unsaturated/α-hetero) is 1. The van der Waals surface area contributed by atoms with E-state index in [1.54, 1.807) is 11.6 Å². The van der Waals surface area contributed by atoms with Crippen molar-refractivity contribution in [3.8, 4) is 0 Å². The molecule has 0 saturated carbocycles. The molecule has 0 amide bonds. The Balaban J connectivity index is 2.01. The lowest BCUT2D eigenvalue weighted by atomic mass is 10.2. The highest BCUT2D eigenvalue weighted by Crippen LogP contribution is 2.32. The first-order valence-electron chi connectivity index (χ1n) is 4.04. The highest BCUT2D eigenvalue weighted by atomic mass is 35.5. The van der Waals surface area contributed by atoms with Gasteiger partial charge in [0, 0.05) is 5.56 Å². The molecule has 0 aromatic carbocycles. The molecule has 0 bridgehead atoms. The van der Waals surface area contributed by atoms with Crippen molar-refractivity contribution < 1.29 is 4.79 Å². The number of nitrogens with zero attached hydrogens (tertiary/aromatic N) is 2. The Labute approximate surface area is 114 Å². The number of carbonyl (C=O) groups excluding carboxylic acids is 1. The van der Waals surface area contributed by atoms with Crippen LogP contribution in [0, 0.1) is 0 Å². The fourth-order valence-electron chi connectivity index (χ4n) is 0.961. The summed E-state index contributed by atoms with van der Waals surface area (Å²) in [5.74, 6) is 0.246. The Hall–Kier alpha value is -0.140. The number of halogens is 2. The molecule has 3 nitrogen and oxygen atoms in total. The third-order valence-corrected chi connectivity index (χ3v) is 4.97. The van der Waals surface area contributed by atoms with Crippen LogP contribution < -0.4 is 0 Å². The van der Waals surface area contributed by atoms with E-state index in [4.69, 9.17) is 23.2 Å². The van der Waals surface area contributed by atoms with Crippen LogP contribution in [0.4, 0.5) is 0 Å². The minimum atomic E-state index is -0.0478. The smallest absolute Gasteiger partial charge is 0.175 e. The van der Waals surface area contributed by atoms with E-state index in [0.717, 1.165) is 4.34 Å². The van der Waals surface area contributed by atoms with Crippen LogP contribution >= 0.6 is 57.6 Å². The van der Waals surface area contributed by atoms with Gasteiger partial charge in [0.2, 0.25) is 0 Å². The lowest BCUT2D eigenvalue weighted by Crippen LogP contribution is -2.00. The van der Waals surface area contributed by atoms with E-state index in [-0.39, 0.29) is 5.78 Å². The van der Waals surface area contributed by atoms with Crippen LogP contribution in [-0.4, -0.2) is 21.7 Å². The minimum Gasteiger partial charge on any atom is -0.293 e. The number of hydrogen-bond acceptors (Lipinski definition) is 6. The van der Waals surface area contributed by atoms with Crippen molar-refractivity contribution in [1.29, 1.82) is 0 Å². The first-order valence-corrected chi connectivity index (χ1v) is 7.47. The van der Waals surface area contributed by atoms with Gasteiger partial charge in [0.05, 0.1) is 10.1 Å². The van der Waals surface area contributed by atoms with E-state index in [0.29, 0.717) is 20.0 Å². The van der Waals surface area contributed by atoms with Crippen molar-refractivity contribution >= 4 is 63.4 Å². The molecule has 0 aliphatic rings. The quantitative estimate of drug-likeness (QED) is 0.635. The molecule has 0 spiro atoms. The van der Waals surface area contributed by atoms with Gasteiger partial charge in [0.25, 0.3) is 0 Å². The van der Waals surface area contributed by atoms with E-state index in [1.807, 2.05) is 0 Å². The second-order valence-corrected chi connectivity index (χ2v) is 7.00. The molecule has 84 valence electrons. The average Bonchev–Trinajstić information content (AvgIpc) is 2.84. The predicted molar refractivity (Wildman–Crippen MR) is 69.3 cm³/mol. The third kappa shape index (κ3) is 2.95. The highest BCUT2D eigenvalue weighted by Gasteiger charge is 2.14. The number of carbonyl (C=O) groups is 1. The van der Waals surface area contributed by atoms with Crippen LogP contribution in [0.5, 0.6) is 0 Å². The van der Waals surface area contributed by atoms with Crippen molar-refractivity contribution in [2.24, 2.45) is 0 Å². The Kier molecular flexibility index (Phi) is 4.21. The summed E-state index contributed by atoms with van der Waals surface area (Å²) in [4.78, 5) is 11.8. The maximum Gasteiger partial charge on any atom is 0.175 e.